The third kappa shape index (κ3) is 4.68. The summed E-state index contributed by atoms with van der Waals surface area (Å²) in [4.78, 5) is 18.6. The molecule has 0 bridgehead atoms. The lowest BCUT2D eigenvalue weighted by Crippen LogP contribution is -2.31. The van der Waals surface area contributed by atoms with E-state index in [-0.39, 0.29) is 30.1 Å². The molecule has 0 unspecified atom stereocenters. The van der Waals surface area contributed by atoms with Crippen LogP contribution >= 0.6 is 0 Å². The Morgan fingerprint density at radius 2 is 2.00 bits per heavy atom. The number of ether oxygens (including phenoxy) is 2. The molecule has 6 nitrogen and oxygen atoms in total. The van der Waals surface area contributed by atoms with Gasteiger partial charge in [-0.25, -0.2) is 13.8 Å². The van der Waals surface area contributed by atoms with Gasteiger partial charge in [0.15, 0.2) is 23.1 Å². The highest BCUT2D eigenvalue weighted by atomic mass is 19.1. The average Bonchev–Trinajstić information content (AvgIpc) is 3.24. The van der Waals surface area contributed by atoms with Gasteiger partial charge in [0, 0.05) is 37.6 Å². The van der Waals surface area contributed by atoms with Gasteiger partial charge in [-0.1, -0.05) is 12.1 Å². The molecule has 31 heavy (non-hydrogen) atoms. The summed E-state index contributed by atoms with van der Waals surface area (Å²) >= 11 is 0. The van der Waals surface area contributed by atoms with Gasteiger partial charge < -0.3 is 18.8 Å². The number of nitrogens with zero attached hydrogens (tertiary/aromatic N) is 2. The molecule has 2 aromatic carbocycles. The summed E-state index contributed by atoms with van der Waals surface area (Å²) in [6.45, 7) is 3.82. The highest BCUT2D eigenvalue weighted by Crippen LogP contribution is 2.34. The molecule has 2 heterocycles. The number of carbonyl (C=O) groups excluding carboxylic acids is 1. The van der Waals surface area contributed by atoms with E-state index in [2.05, 4.69) is 4.98 Å². The van der Waals surface area contributed by atoms with Crippen molar-refractivity contribution in [3.63, 3.8) is 0 Å². The molecule has 0 spiro atoms. The number of benzene rings is 2. The number of para-hydroxylation sites is 1. The lowest BCUT2D eigenvalue weighted by molar-refractivity contribution is -0.131. The van der Waals surface area contributed by atoms with Gasteiger partial charge >= 0.3 is 0 Å². The average molecular weight is 428 g/mol. The molecule has 0 fully saturated rings. The van der Waals surface area contributed by atoms with E-state index in [4.69, 9.17) is 13.9 Å². The van der Waals surface area contributed by atoms with Crippen LogP contribution in [-0.2, 0) is 17.8 Å². The molecule has 4 rings (SSSR count). The Balaban J connectivity index is 1.40. The maximum atomic E-state index is 13.9. The second-order valence-corrected chi connectivity index (χ2v) is 7.09. The van der Waals surface area contributed by atoms with Crippen molar-refractivity contribution >= 4 is 5.91 Å². The van der Waals surface area contributed by atoms with Gasteiger partial charge in [-0.3, -0.25) is 4.79 Å². The van der Waals surface area contributed by atoms with Crippen LogP contribution in [0, 0.1) is 11.6 Å². The van der Waals surface area contributed by atoms with Crippen molar-refractivity contribution in [3.05, 3.63) is 65.7 Å². The number of aryl methyl sites for hydroxylation is 1. The van der Waals surface area contributed by atoms with Crippen LogP contribution in [0.4, 0.5) is 8.78 Å². The molecule has 0 saturated carbocycles. The van der Waals surface area contributed by atoms with Gasteiger partial charge in [-0.05, 0) is 25.1 Å². The maximum Gasteiger partial charge on any atom is 0.223 e. The van der Waals surface area contributed by atoms with Crippen LogP contribution in [0.15, 0.2) is 47.0 Å². The molecular weight excluding hydrogens is 406 g/mol. The molecule has 1 amide bonds. The van der Waals surface area contributed by atoms with Crippen molar-refractivity contribution < 1.29 is 27.5 Å². The van der Waals surface area contributed by atoms with E-state index in [0.29, 0.717) is 43.7 Å². The fraction of sp³-hybridized carbons (Fsp3) is 0.304. The first-order valence-corrected chi connectivity index (χ1v) is 10.1. The SMILES string of the molecule is CCN(Cc1cccc2c1OCCO2)C(=O)CCc1ncc(-c2ccc(F)cc2F)o1. The van der Waals surface area contributed by atoms with Crippen molar-refractivity contribution in [3.8, 4) is 22.8 Å². The zero-order valence-electron chi connectivity index (χ0n) is 17.1. The number of aromatic nitrogens is 1. The second kappa shape index (κ2) is 9.16. The summed E-state index contributed by atoms with van der Waals surface area (Å²) in [5.41, 5.74) is 1.01. The normalized spacial score (nSPS) is 12.6. The number of rotatable bonds is 7. The van der Waals surface area contributed by atoms with E-state index in [9.17, 15) is 13.6 Å². The number of halogens is 2. The summed E-state index contributed by atoms with van der Waals surface area (Å²) in [7, 11) is 0. The van der Waals surface area contributed by atoms with Crippen molar-refractivity contribution in [2.45, 2.75) is 26.3 Å². The van der Waals surface area contributed by atoms with E-state index in [1.807, 2.05) is 25.1 Å². The monoisotopic (exact) mass is 428 g/mol. The van der Waals surface area contributed by atoms with Gasteiger partial charge in [-0.15, -0.1) is 0 Å². The summed E-state index contributed by atoms with van der Waals surface area (Å²) in [6, 6.07) is 8.88. The van der Waals surface area contributed by atoms with Crippen LogP contribution in [0.3, 0.4) is 0 Å². The topological polar surface area (TPSA) is 64.8 Å². The van der Waals surface area contributed by atoms with Gasteiger partial charge in [0.1, 0.15) is 24.8 Å². The number of hydrogen-bond acceptors (Lipinski definition) is 5. The maximum absolute atomic E-state index is 13.9. The lowest BCUT2D eigenvalue weighted by atomic mass is 10.1. The first kappa shape index (κ1) is 20.8. The lowest BCUT2D eigenvalue weighted by Gasteiger charge is -2.25. The molecule has 162 valence electrons. The van der Waals surface area contributed by atoms with Crippen LogP contribution in [0.1, 0.15) is 24.8 Å². The highest BCUT2D eigenvalue weighted by molar-refractivity contribution is 5.76. The Morgan fingerprint density at radius 3 is 2.81 bits per heavy atom. The molecule has 1 aliphatic rings. The molecule has 0 N–H and O–H groups in total. The zero-order chi connectivity index (χ0) is 21.8. The van der Waals surface area contributed by atoms with Crippen molar-refractivity contribution in [1.82, 2.24) is 9.88 Å². The minimum Gasteiger partial charge on any atom is -0.486 e. The Morgan fingerprint density at radius 1 is 1.16 bits per heavy atom. The van der Waals surface area contributed by atoms with Gasteiger partial charge in [-0.2, -0.15) is 0 Å². The number of oxazole rings is 1. The fourth-order valence-electron chi connectivity index (χ4n) is 3.45. The molecule has 1 aliphatic heterocycles. The quantitative estimate of drug-likeness (QED) is 0.559. The Bertz CT molecular complexity index is 1080. The van der Waals surface area contributed by atoms with Crippen molar-refractivity contribution in [2.75, 3.05) is 19.8 Å². The Labute approximate surface area is 178 Å². The molecular formula is C23H22F2N2O4. The van der Waals surface area contributed by atoms with Crippen LogP contribution in [-0.4, -0.2) is 35.5 Å². The zero-order valence-corrected chi connectivity index (χ0v) is 17.1. The van der Waals surface area contributed by atoms with Crippen molar-refractivity contribution in [1.29, 1.82) is 0 Å². The summed E-state index contributed by atoms with van der Waals surface area (Å²) < 4.78 is 43.9. The first-order chi connectivity index (χ1) is 15.0. The smallest absolute Gasteiger partial charge is 0.223 e. The molecule has 8 heteroatoms. The van der Waals surface area contributed by atoms with Crippen LogP contribution in [0.5, 0.6) is 11.5 Å². The van der Waals surface area contributed by atoms with Crippen LogP contribution in [0.25, 0.3) is 11.3 Å². The number of hydrogen-bond donors (Lipinski definition) is 0. The third-order valence-corrected chi connectivity index (χ3v) is 5.05. The van der Waals surface area contributed by atoms with E-state index in [0.717, 1.165) is 17.7 Å². The third-order valence-electron chi connectivity index (χ3n) is 5.05. The number of carbonyl (C=O) groups is 1. The molecule has 3 aromatic rings. The van der Waals surface area contributed by atoms with E-state index in [1.54, 1.807) is 4.90 Å². The van der Waals surface area contributed by atoms with Gasteiger partial charge in [0.05, 0.1) is 11.8 Å². The van der Waals surface area contributed by atoms with Crippen LogP contribution < -0.4 is 9.47 Å². The summed E-state index contributed by atoms with van der Waals surface area (Å²) in [5.74, 6) is 0.421. The van der Waals surface area contributed by atoms with Crippen LogP contribution in [0.2, 0.25) is 0 Å². The predicted molar refractivity (Wildman–Crippen MR) is 109 cm³/mol. The Hall–Kier alpha value is -3.42. The molecule has 0 radical (unpaired) electrons. The molecule has 1 aromatic heterocycles. The first-order valence-electron chi connectivity index (χ1n) is 10.1. The van der Waals surface area contributed by atoms with Gasteiger partial charge in [0.25, 0.3) is 0 Å². The molecule has 0 atom stereocenters. The van der Waals surface area contributed by atoms with Gasteiger partial charge in [0.2, 0.25) is 5.91 Å². The fourth-order valence-corrected chi connectivity index (χ4v) is 3.45. The number of fused-ring (bicyclic) bond motifs is 1. The van der Waals surface area contributed by atoms with E-state index < -0.39 is 11.6 Å². The standard InChI is InChI=1S/C23H22F2N2O4/c1-2-27(14-15-4-3-5-19-23(15)30-11-10-29-19)22(28)9-8-21-26-13-20(31-21)17-7-6-16(24)12-18(17)25/h3-7,12-13H,2,8-11,14H2,1H3. The summed E-state index contributed by atoms with van der Waals surface area (Å²) in [5, 5.41) is 0. The molecule has 0 saturated heterocycles. The molecule has 0 aliphatic carbocycles. The minimum atomic E-state index is -0.728. The van der Waals surface area contributed by atoms with Crippen molar-refractivity contribution in [2.24, 2.45) is 0 Å². The second-order valence-electron chi connectivity index (χ2n) is 7.09. The Kier molecular flexibility index (Phi) is 6.16. The minimum absolute atomic E-state index is 0.0652. The number of amides is 1. The highest BCUT2D eigenvalue weighted by Gasteiger charge is 2.20. The van der Waals surface area contributed by atoms with E-state index >= 15 is 0 Å². The van der Waals surface area contributed by atoms with E-state index in [1.165, 1.54) is 12.3 Å². The predicted octanol–water partition coefficient (Wildman–Crippen LogP) is 4.37. The summed E-state index contributed by atoms with van der Waals surface area (Å²) in [6.07, 6.45) is 1.83. The largest absolute Gasteiger partial charge is 0.486 e.